The highest BCUT2D eigenvalue weighted by Gasteiger charge is 2.38. The molecule has 2 saturated carbocycles. The van der Waals surface area contributed by atoms with Crippen molar-refractivity contribution in [3.63, 3.8) is 0 Å². The zero-order valence-corrected chi connectivity index (χ0v) is 22.7. The molecule has 4 fully saturated rings. The molecule has 9 nitrogen and oxygen atoms in total. The highest BCUT2D eigenvalue weighted by Crippen LogP contribution is 2.40. The molecule has 10 heteroatoms. The second-order valence-corrected chi connectivity index (χ2v) is 13.8. The molecule has 2 aliphatic heterocycles. The van der Waals surface area contributed by atoms with Gasteiger partial charge in [0, 0.05) is 56.2 Å². The SMILES string of the molecule is CC[C@@H]1C[C@H]1Nc1ncc2c(C3CCN(S(=O)(=O)C4CCOCC4)CC3)cn([C@H]3CC[C@H](O)CC3)c2n1. The molecule has 0 amide bonds. The third-order valence-electron chi connectivity index (χ3n) is 9.27. The molecule has 2 atom stereocenters. The molecule has 37 heavy (non-hydrogen) atoms. The molecule has 204 valence electrons. The number of hydrogen-bond acceptors (Lipinski definition) is 7. The number of nitrogens with one attached hydrogen (secondary N) is 1. The highest BCUT2D eigenvalue weighted by atomic mass is 32.2. The monoisotopic (exact) mass is 531 g/mol. The summed E-state index contributed by atoms with van der Waals surface area (Å²) in [4.78, 5) is 9.71. The van der Waals surface area contributed by atoms with Gasteiger partial charge in [-0.25, -0.2) is 17.7 Å². The van der Waals surface area contributed by atoms with Crippen LogP contribution in [0.1, 0.15) is 88.7 Å². The lowest BCUT2D eigenvalue weighted by molar-refractivity contribution is 0.0969. The van der Waals surface area contributed by atoms with Crippen molar-refractivity contribution in [1.29, 1.82) is 0 Å². The van der Waals surface area contributed by atoms with E-state index in [4.69, 9.17) is 14.7 Å². The third-order valence-corrected chi connectivity index (χ3v) is 11.7. The highest BCUT2D eigenvalue weighted by molar-refractivity contribution is 7.89. The fourth-order valence-electron chi connectivity index (χ4n) is 6.71. The quantitative estimate of drug-likeness (QED) is 0.559. The Kier molecular flexibility index (Phi) is 7.20. The van der Waals surface area contributed by atoms with E-state index in [9.17, 15) is 13.5 Å². The normalized spacial score (nSPS) is 30.5. The molecule has 0 bridgehead atoms. The van der Waals surface area contributed by atoms with E-state index in [0.29, 0.717) is 63.1 Å². The van der Waals surface area contributed by atoms with Gasteiger partial charge in [-0.3, -0.25) is 0 Å². The number of fused-ring (bicyclic) bond motifs is 1. The average Bonchev–Trinajstić information content (AvgIpc) is 3.58. The Morgan fingerprint density at radius 1 is 1.08 bits per heavy atom. The van der Waals surface area contributed by atoms with Crippen LogP contribution in [0.2, 0.25) is 0 Å². The van der Waals surface area contributed by atoms with E-state index in [1.165, 1.54) is 18.4 Å². The molecule has 4 heterocycles. The van der Waals surface area contributed by atoms with E-state index in [1.54, 1.807) is 4.31 Å². The fourth-order valence-corrected chi connectivity index (χ4v) is 8.64. The van der Waals surface area contributed by atoms with Gasteiger partial charge in [-0.1, -0.05) is 13.3 Å². The number of ether oxygens (including phenoxy) is 1. The summed E-state index contributed by atoms with van der Waals surface area (Å²) < 4.78 is 35.9. The largest absolute Gasteiger partial charge is 0.393 e. The van der Waals surface area contributed by atoms with Crippen molar-refractivity contribution in [2.75, 3.05) is 31.6 Å². The van der Waals surface area contributed by atoms with Crippen LogP contribution in [0.4, 0.5) is 5.95 Å². The summed E-state index contributed by atoms with van der Waals surface area (Å²) in [5.74, 6) is 1.70. The zero-order valence-electron chi connectivity index (χ0n) is 21.9. The van der Waals surface area contributed by atoms with Crippen LogP contribution in [0.3, 0.4) is 0 Å². The molecule has 2 N–H and O–H groups in total. The number of hydrogen-bond donors (Lipinski definition) is 2. The molecule has 2 aliphatic carbocycles. The number of aromatic nitrogens is 3. The summed E-state index contributed by atoms with van der Waals surface area (Å²) in [5.41, 5.74) is 2.22. The first-order valence-electron chi connectivity index (χ1n) is 14.3. The summed E-state index contributed by atoms with van der Waals surface area (Å²) in [7, 11) is -3.28. The Morgan fingerprint density at radius 2 is 1.81 bits per heavy atom. The summed E-state index contributed by atoms with van der Waals surface area (Å²) in [6, 6.07) is 0.790. The molecule has 6 rings (SSSR count). The van der Waals surface area contributed by atoms with Crippen molar-refractivity contribution in [3.05, 3.63) is 18.0 Å². The van der Waals surface area contributed by atoms with Crippen molar-refractivity contribution in [2.45, 2.75) is 100 Å². The topological polar surface area (TPSA) is 110 Å². The predicted octanol–water partition coefficient (Wildman–Crippen LogP) is 3.81. The van der Waals surface area contributed by atoms with Crippen LogP contribution < -0.4 is 5.32 Å². The number of aliphatic hydroxyl groups excluding tert-OH is 1. The molecular weight excluding hydrogens is 490 g/mol. The predicted molar refractivity (Wildman–Crippen MR) is 143 cm³/mol. The Morgan fingerprint density at radius 3 is 2.49 bits per heavy atom. The van der Waals surface area contributed by atoms with E-state index in [2.05, 4.69) is 23.0 Å². The minimum absolute atomic E-state index is 0.202. The summed E-state index contributed by atoms with van der Waals surface area (Å²) in [6.45, 7) is 4.43. The molecule has 0 radical (unpaired) electrons. The van der Waals surface area contributed by atoms with Gasteiger partial charge in [-0.05, 0) is 75.2 Å². The summed E-state index contributed by atoms with van der Waals surface area (Å²) in [5, 5.41) is 14.4. The van der Waals surface area contributed by atoms with Crippen LogP contribution in [0, 0.1) is 5.92 Å². The molecule has 2 saturated heterocycles. The molecule has 2 aromatic rings. The van der Waals surface area contributed by atoms with Crippen LogP contribution in [-0.2, 0) is 14.8 Å². The number of rotatable bonds is 7. The number of anilines is 1. The van der Waals surface area contributed by atoms with Crippen LogP contribution in [0.15, 0.2) is 12.4 Å². The van der Waals surface area contributed by atoms with Gasteiger partial charge >= 0.3 is 0 Å². The Hall–Kier alpha value is -1.75. The van der Waals surface area contributed by atoms with Crippen molar-refractivity contribution in [3.8, 4) is 0 Å². The van der Waals surface area contributed by atoms with Gasteiger partial charge in [0.25, 0.3) is 0 Å². The molecule has 0 unspecified atom stereocenters. The van der Waals surface area contributed by atoms with Gasteiger partial charge in [0.2, 0.25) is 16.0 Å². The van der Waals surface area contributed by atoms with E-state index in [0.717, 1.165) is 49.6 Å². The van der Waals surface area contributed by atoms with Gasteiger partial charge in [-0.2, -0.15) is 4.98 Å². The van der Waals surface area contributed by atoms with E-state index < -0.39 is 10.0 Å². The van der Waals surface area contributed by atoms with Crippen LogP contribution >= 0.6 is 0 Å². The lowest BCUT2D eigenvalue weighted by Gasteiger charge is -2.34. The summed E-state index contributed by atoms with van der Waals surface area (Å²) in [6.07, 6.45) is 12.7. The second-order valence-electron chi connectivity index (χ2n) is 11.6. The standard InChI is InChI=1S/C27H41N5O4S/c1-2-18-15-25(18)29-27-28-16-23-24(17-32(26(23)30-27)20-3-5-21(33)6-4-20)19-7-11-31(12-8-19)37(34,35)22-9-13-36-14-10-22/h16-22,25,33H,2-15H2,1H3,(H,28,29,30)/t18-,20-,21-,25-/m1/s1. The molecule has 0 spiro atoms. The number of piperidine rings is 1. The molecular formula is C27H41N5O4S. The maximum atomic E-state index is 13.2. The lowest BCUT2D eigenvalue weighted by Crippen LogP contribution is -2.44. The first-order chi connectivity index (χ1) is 17.9. The minimum atomic E-state index is -3.28. The minimum Gasteiger partial charge on any atom is -0.393 e. The van der Waals surface area contributed by atoms with Crippen LogP contribution in [-0.4, -0.2) is 76.1 Å². The first-order valence-corrected chi connectivity index (χ1v) is 15.8. The van der Waals surface area contributed by atoms with Crippen LogP contribution in [0.25, 0.3) is 11.0 Å². The van der Waals surface area contributed by atoms with Gasteiger partial charge in [-0.15, -0.1) is 0 Å². The third kappa shape index (κ3) is 5.14. The van der Waals surface area contributed by atoms with Gasteiger partial charge < -0.3 is 19.7 Å². The lowest BCUT2D eigenvalue weighted by atomic mass is 9.90. The van der Waals surface area contributed by atoms with E-state index in [1.807, 2.05) is 6.20 Å². The average molecular weight is 532 g/mol. The molecule has 4 aliphatic rings. The molecule has 0 aromatic carbocycles. The first kappa shape index (κ1) is 25.5. The fraction of sp³-hybridized carbons (Fsp3) is 0.778. The van der Waals surface area contributed by atoms with Crippen LogP contribution in [0.5, 0.6) is 0 Å². The summed E-state index contributed by atoms with van der Waals surface area (Å²) >= 11 is 0. The van der Waals surface area contributed by atoms with Crippen molar-refractivity contribution >= 4 is 27.0 Å². The zero-order chi connectivity index (χ0) is 25.6. The number of sulfonamides is 1. The maximum absolute atomic E-state index is 13.2. The molecule has 2 aromatic heterocycles. The van der Waals surface area contributed by atoms with Crippen molar-refractivity contribution in [1.82, 2.24) is 18.8 Å². The van der Waals surface area contributed by atoms with E-state index >= 15 is 0 Å². The number of aliphatic hydroxyl groups is 1. The Bertz CT molecular complexity index is 1190. The smallest absolute Gasteiger partial charge is 0.224 e. The Balaban J connectivity index is 1.24. The number of nitrogens with zero attached hydrogens (tertiary/aromatic N) is 4. The Labute approximate surface area is 220 Å². The van der Waals surface area contributed by atoms with Crippen molar-refractivity contribution in [2.24, 2.45) is 5.92 Å². The maximum Gasteiger partial charge on any atom is 0.224 e. The van der Waals surface area contributed by atoms with Gasteiger partial charge in [0.05, 0.1) is 11.4 Å². The second kappa shape index (κ2) is 10.4. The van der Waals surface area contributed by atoms with Gasteiger partial charge in [0.15, 0.2) is 0 Å². The van der Waals surface area contributed by atoms with Crippen molar-refractivity contribution < 1.29 is 18.3 Å². The van der Waals surface area contributed by atoms with E-state index in [-0.39, 0.29) is 17.3 Å². The van der Waals surface area contributed by atoms with Gasteiger partial charge in [0.1, 0.15) is 5.65 Å².